The molecule has 1 atom stereocenters. The molecule has 1 saturated heterocycles. The third-order valence-electron chi connectivity index (χ3n) is 8.38. The maximum atomic E-state index is 6.67. The van der Waals surface area contributed by atoms with Gasteiger partial charge in [0.15, 0.2) is 0 Å². The average Bonchev–Trinajstić information content (AvgIpc) is 2.99. The van der Waals surface area contributed by atoms with E-state index in [9.17, 15) is 0 Å². The molecule has 7 heteroatoms. The topological polar surface area (TPSA) is 31.3 Å². The van der Waals surface area contributed by atoms with Gasteiger partial charge in [-0.15, -0.1) is 12.4 Å². The quantitative estimate of drug-likeness (QED) is 0.312. The van der Waals surface area contributed by atoms with Gasteiger partial charge in [0.1, 0.15) is 6.67 Å². The fourth-order valence-corrected chi connectivity index (χ4v) is 6.45. The molecule has 0 aromatic heterocycles. The van der Waals surface area contributed by atoms with E-state index in [1.165, 1.54) is 39.2 Å². The summed E-state index contributed by atoms with van der Waals surface area (Å²) in [5.41, 5.74) is 8.94. The third kappa shape index (κ3) is 6.14. The van der Waals surface area contributed by atoms with Crippen molar-refractivity contribution in [2.45, 2.75) is 18.8 Å². The van der Waals surface area contributed by atoms with Gasteiger partial charge >= 0.3 is 0 Å². The van der Waals surface area contributed by atoms with Crippen molar-refractivity contribution in [3.8, 4) is 0 Å². The second-order valence-corrected chi connectivity index (χ2v) is 11.1. The first-order chi connectivity index (χ1) is 19.2. The SMILES string of the molecule is COCCN1CCN(CCc2ccc(N3CN=CC4=C3c3ccccc3C(c3ccccc3Cl)C4)cc2)CC1.Cl. The lowest BCUT2D eigenvalue weighted by Crippen LogP contribution is -2.47. The molecule has 3 aromatic carbocycles. The monoisotopic (exact) mass is 576 g/mol. The van der Waals surface area contributed by atoms with Crippen LogP contribution in [0.2, 0.25) is 5.02 Å². The predicted molar refractivity (Wildman–Crippen MR) is 169 cm³/mol. The molecule has 1 unspecified atom stereocenters. The first-order valence-corrected chi connectivity index (χ1v) is 14.5. The van der Waals surface area contributed by atoms with E-state index in [1.807, 2.05) is 12.1 Å². The molecule has 0 saturated carbocycles. The summed E-state index contributed by atoms with van der Waals surface area (Å²) in [6.45, 7) is 8.14. The molecule has 2 aliphatic heterocycles. The van der Waals surface area contributed by atoms with E-state index in [1.54, 1.807) is 7.11 Å². The lowest BCUT2D eigenvalue weighted by molar-refractivity contribution is 0.0976. The number of allylic oxidation sites excluding steroid dienone is 1. The number of hydrogen-bond donors (Lipinski definition) is 0. The zero-order chi connectivity index (χ0) is 26.6. The van der Waals surface area contributed by atoms with E-state index < -0.39 is 0 Å². The Kier molecular flexibility index (Phi) is 9.61. The zero-order valence-corrected chi connectivity index (χ0v) is 24.7. The van der Waals surface area contributed by atoms with Gasteiger partial charge in [-0.25, -0.2) is 0 Å². The maximum Gasteiger partial charge on any atom is 0.114 e. The normalized spacial score (nSPS) is 19.2. The smallest absolute Gasteiger partial charge is 0.114 e. The third-order valence-corrected chi connectivity index (χ3v) is 8.73. The van der Waals surface area contributed by atoms with Gasteiger partial charge in [0.25, 0.3) is 0 Å². The Hall–Kier alpha value is -2.67. The van der Waals surface area contributed by atoms with Gasteiger partial charge in [-0.05, 0) is 53.3 Å². The number of fused-ring (bicyclic) bond motifs is 2. The van der Waals surface area contributed by atoms with Gasteiger partial charge in [0, 0.05) is 74.8 Å². The van der Waals surface area contributed by atoms with Crippen LogP contribution < -0.4 is 4.90 Å². The molecule has 5 nitrogen and oxygen atoms in total. The lowest BCUT2D eigenvalue weighted by Gasteiger charge is -2.37. The molecule has 0 amide bonds. The van der Waals surface area contributed by atoms with Crippen LogP contribution in [0, 0.1) is 0 Å². The van der Waals surface area contributed by atoms with Gasteiger partial charge < -0.3 is 14.5 Å². The van der Waals surface area contributed by atoms with Crippen LogP contribution in [0.1, 0.15) is 34.6 Å². The average molecular weight is 578 g/mol. The van der Waals surface area contributed by atoms with Crippen LogP contribution >= 0.6 is 24.0 Å². The summed E-state index contributed by atoms with van der Waals surface area (Å²) in [4.78, 5) is 12.2. The number of nitrogens with zero attached hydrogens (tertiary/aromatic N) is 4. The number of rotatable bonds is 8. The number of benzene rings is 3. The summed E-state index contributed by atoms with van der Waals surface area (Å²) in [5, 5.41) is 0.828. The van der Waals surface area contributed by atoms with Crippen molar-refractivity contribution in [3.05, 3.63) is 106 Å². The lowest BCUT2D eigenvalue weighted by atomic mass is 9.77. The fourth-order valence-electron chi connectivity index (χ4n) is 6.18. The highest BCUT2D eigenvalue weighted by Gasteiger charge is 2.32. The number of piperazine rings is 1. The number of aliphatic imine (C=N–C) groups is 1. The second kappa shape index (κ2) is 13.3. The Balaban J connectivity index is 0.00000323. The van der Waals surface area contributed by atoms with Crippen molar-refractivity contribution in [3.63, 3.8) is 0 Å². The van der Waals surface area contributed by atoms with E-state index in [4.69, 9.17) is 21.3 Å². The summed E-state index contributed by atoms with van der Waals surface area (Å²) >= 11 is 6.67. The molecule has 1 aliphatic carbocycles. The first-order valence-electron chi connectivity index (χ1n) is 14.1. The van der Waals surface area contributed by atoms with E-state index in [0.29, 0.717) is 6.67 Å². The highest BCUT2D eigenvalue weighted by atomic mass is 35.5. The Morgan fingerprint density at radius 3 is 2.25 bits per heavy atom. The fraction of sp³-hybridized carbons (Fsp3) is 0.364. The minimum atomic E-state index is 0. The molecular formula is C33H38Cl2N4O. The summed E-state index contributed by atoms with van der Waals surface area (Å²) in [6.07, 6.45) is 4.05. The number of ether oxygens (including phenoxy) is 1. The Labute approximate surface area is 249 Å². The van der Waals surface area contributed by atoms with Gasteiger partial charge in [-0.2, -0.15) is 0 Å². The number of hydrogen-bond acceptors (Lipinski definition) is 5. The van der Waals surface area contributed by atoms with E-state index in [2.05, 4.69) is 81.6 Å². The van der Waals surface area contributed by atoms with Crippen LogP contribution in [0.4, 0.5) is 5.69 Å². The van der Waals surface area contributed by atoms with Crippen LogP contribution in [0.25, 0.3) is 5.70 Å². The highest BCUT2D eigenvalue weighted by Crippen LogP contribution is 2.46. The van der Waals surface area contributed by atoms with E-state index >= 15 is 0 Å². The molecule has 3 aliphatic rings. The molecular weight excluding hydrogens is 539 g/mol. The van der Waals surface area contributed by atoms with Crippen molar-refractivity contribution in [1.29, 1.82) is 0 Å². The first kappa shape index (κ1) is 28.8. The highest BCUT2D eigenvalue weighted by molar-refractivity contribution is 6.31. The number of halogens is 2. The van der Waals surface area contributed by atoms with Crippen molar-refractivity contribution in [2.75, 3.05) is 64.6 Å². The van der Waals surface area contributed by atoms with Crippen LogP contribution in [-0.2, 0) is 11.2 Å². The zero-order valence-electron chi connectivity index (χ0n) is 23.1. The Bertz CT molecular complexity index is 1350. The standard InChI is InChI=1S/C33H37ClN4O.ClH/c1-39-21-20-37-18-16-36(17-19-37)15-14-25-10-12-27(13-11-25)38-24-35-23-26-22-31(29-7-4-5-9-32(29)34)28-6-2-3-8-30(28)33(26)38;/h2-13,23,31H,14-22,24H2,1H3;1H. The number of methoxy groups -OCH3 is 1. The van der Waals surface area contributed by atoms with Gasteiger partial charge in [-0.1, -0.05) is 66.2 Å². The van der Waals surface area contributed by atoms with Crippen LogP contribution in [0.15, 0.2) is 83.4 Å². The molecule has 6 rings (SSSR count). The molecule has 0 N–H and O–H groups in total. The van der Waals surface area contributed by atoms with Crippen LogP contribution in [-0.4, -0.2) is 75.7 Å². The van der Waals surface area contributed by atoms with E-state index in [-0.39, 0.29) is 18.3 Å². The largest absolute Gasteiger partial charge is 0.383 e. The van der Waals surface area contributed by atoms with E-state index in [0.717, 1.165) is 63.7 Å². The second-order valence-electron chi connectivity index (χ2n) is 10.7. The molecule has 210 valence electrons. The van der Waals surface area contributed by atoms with Crippen molar-refractivity contribution in [1.82, 2.24) is 9.80 Å². The summed E-state index contributed by atoms with van der Waals surface area (Å²) in [6, 6.07) is 26.2. The Morgan fingerprint density at radius 1 is 0.850 bits per heavy atom. The van der Waals surface area contributed by atoms with Gasteiger partial charge in [-0.3, -0.25) is 9.89 Å². The van der Waals surface area contributed by atoms with Crippen molar-refractivity contribution in [2.24, 2.45) is 4.99 Å². The van der Waals surface area contributed by atoms with Crippen molar-refractivity contribution >= 4 is 41.6 Å². The molecule has 0 radical (unpaired) electrons. The van der Waals surface area contributed by atoms with Gasteiger partial charge in [0.2, 0.25) is 0 Å². The number of anilines is 1. The van der Waals surface area contributed by atoms with Crippen molar-refractivity contribution < 1.29 is 4.74 Å². The molecule has 1 fully saturated rings. The van der Waals surface area contributed by atoms with Gasteiger partial charge in [0.05, 0.1) is 12.3 Å². The minimum Gasteiger partial charge on any atom is -0.383 e. The minimum absolute atomic E-state index is 0. The summed E-state index contributed by atoms with van der Waals surface area (Å²) < 4.78 is 5.23. The molecule has 0 bridgehead atoms. The molecule has 3 aromatic rings. The summed E-state index contributed by atoms with van der Waals surface area (Å²) in [7, 11) is 1.78. The molecule has 0 spiro atoms. The maximum absolute atomic E-state index is 6.67. The summed E-state index contributed by atoms with van der Waals surface area (Å²) in [5.74, 6) is 0.226. The molecule has 40 heavy (non-hydrogen) atoms. The van der Waals surface area contributed by atoms with Crippen LogP contribution in [0.5, 0.6) is 0 Å². The van der Waals surface area contributed by atoms with Crippen LogP contribution in [0.3, 0.4) is 0 Å². The predicted octanol–water partition coefficient (Wildman–Crippen LogP) is 6.36. The molecule has 2 heterocycles. The Morgan fingerprint density at radius 2 is 1.52 bits per heavy atom.